The quantitative estimate of drug-likeness (QED) is 0.780. The van der Waals surface area contributed by atoms with Gasteiger partial charge in [0, 0.05) is 24.6 Å². The van der Waals surface area contributed by atoms with Crippen molar-refractivity contribution < 1.29 is 0 Å². The highest BCUT2D eigenvalue weighted by Crippen LogP contribution is 2.16. The van der Waals surface area contributed by atoms with E-state index in [0.29, 0.717) is 0 Å². The van der Waals surface area contributed by atoms with Gasteiger partial charge >= 0.3 is 0 Å². The Morgan fingerprint density at radius 1 is 1.33 bits per heavy atom. The average molecular weight is 241 g/mol. The van der Waals surface area contributed by atoms with E-state index in [1.54, 1.807) is 6.20 Å². The second-order valence-corrected chi connectivity index (χ2v) is 4.26. The molecule has 0 aliphatic carbocycles. The lowest BCUT2D eigenvalue weighted by molar-refractivity contribution is 0.833. The second-order valence-electron chi connectivity index (χ2n) is 4.26. The molecule has 0 bridgehead atoms. The minimum absolute atomic E-state index is 0.760. The molecule has 0 atom stereocenters. The van der Waals surface area contributed by atoms with Crippen LogP contribution < -0.4 is 5.32 Å². The highest BCUT2D eigenvalue weighted by molar-refractivity contribution is 5.54. The maximum Gasteiger partial charge on any atom is 0.207 e. The summed E-state index contributed by atoms with van der Waals surface area (Å²) in [4.78, 5) is 4.29. The Balaban J connectivity index is 2.08. The van der Waals surface area contributed by atoms with Gasteiger partial charge in [0.05, 0.1) is 0 Å². The number of anilines is 2. The third-order valence-corrected chi connectivity index (χ3v) is 2.79. The second kappa shape index (κ2) is 6.05. The van der Waals surface area contributed by atoms with Gasteiger partial charge < -0.3 is 9.88 Å². The van der Waals surface area contributed by atoms with Gasteiger partial charge in [-0.3, -0.25) is 0 Å². The van der Waals surface area contributed by atoms with Crippen LogP contribution in [0, 0.1) is 0 Å². The van der Waals surface area contributed by atoms with Crippen LogP contribution in [0.4, 0.5) is 11.6 Å². The molecular formula is C15H19N3. The zero-order valence-electron chi connectivity index (χ0n) is 10.8. The smallest absolute Gasteiger partial charge is 0.207 e. The fourth-order valence-corrected chi connectivity index (χ4v) is 1.89. The molecule has 1 aromatic heterocycles. The molecule has 18 heavy (non-hydrogen) atoms. The Morgan fingerprint density at radius 3 is 2.78 bits per heavy atom. The van der Waals surface area contributed by atoms with E-state index in [2.05, 4.69) is 48.1 Å². The molecule has 1 heterocycles. The lowest BCUT2D eigenvalue weighted by Crippen LogP contribution is -2.01. The normalized spacial score (nSPS) is 10.3. The number of imidazole rings is 1. The van der Waals surface area contributed by atoms with E-state index >= 15 is 0 Å². The average Bonchev–Trinajstić information content (AvgIpc) is 2.80. The van der Waals surface area contributed by atoms with Crippen LogP contribution in [0.5, 0.6) is 0 Å². The van der Waals surface area contributed by atoms with Crippen LogP contribution in [0.15, 0.2) is 49.3 Å². The Labute approximate surface area is 108 Å². The highest BCUT2D eigenvalue weighted by atomic mass is 15.2. The van der Waals surface area contributed by atoms with Crippen molar-refractivity contribution in [2.24, 2.45) is 0 Å². The van der Waals surface area contributed by atoms with Gasteiger partial charge in [0.2, 0.25) is 5.95 Å². The Hall–Kier alpha value is -2.03. The lowest BCUT2D eigenvalue weighted by atomic mass is 10.1. The number of hydrogen-bond acceptors (Lipinski definition) is 2. The molecule has 3 heteroatoms. The van der Waals surface area contributed by atoms with E-state index < -0.39 is 0 Å². The van der Waals surface area contributed by atoms with Gasteiger partial charge in [-0.25, -0.2) is 4.98 Å². The van der Waals surface area contributed by atoms with Crippen LogP contribution in [0.1, 0.15) is 18.9 Å². The summed E-state index contributed by atoms with van der Waals surface area (Å²) in [6, 6.07) is 8.51. The number of aromatic nitrogens is 2. The molecular weight excluding hydrogens is 222 g/mol. The van der Waals surface area contributed by atoms with Crippen molar-refractivity contribution in [2.45, 2.75) is 26.3 Å². The number of hydrogen-bond donors (Lipinski definition) is 1. The number of allylic oxidation sites excluding steroid dienone is 1. The van der Waals surface area contributed by atoms with Gasteiger partial charge in [-0.15, -0.1) is 6.58 Å². The van der Waals surface area contributed by atoms with Gasteiger partial charge in [0.15, 0.2) is 0 Å². The van der Waals surface area contributed by atoms with E-state index in [4.69, 9.17) is 0 Å². The molecule has 0 saturated carbocycles. The summed E-state index contributed by atoms with van der Waals surface area (Å²) >= 11 is 0. The maximum absolute atomic E-state index is 4.29. The van der Waals surface area contributed by atoms with Crippen LogP contribution in [0.25, 0.3) is 0 Å². The van der Waals surface area contributed by atoms with Gasteiger partial charge in [-0.1, -0.05) is 31.6 Å². The molecule has 0 spiro atoms. The molecule has 2 aromatic rings. The summed E-state index contributed by atoms with van der Waals surface area (Å²) in [5, 5.41) is 3.31. The van der Waals surface area contributed by atoms with Crippen molar-refractivity contribution in [3.63, 3.8) is 0 Å². The predicted molar refractivity (Wildman–Crippen MR) is 76.1 cm³/mol. The van der Waals surface area contributed by atoms with Crippen molar-refractivity contribution in [1.82, 2.24) is 9.55 Å². The summed E-state index contributed by atoms with van der Waals surface area (Å²) in [5.41, 5.74) is 2.43. The number of rotatable bonds is 6. The highest BCUT2D eigenvalue weighted by Gasteiger charge is 2.01. The molecule has 0 aliphatic heterocycles. The van der Waals surface area contributed by atoms with Crippen LogP contribution >= 0.6 is 0 Å². The number of benzene rings is 1. The Bertz CT molecular complexity index is 497. The fourth-order valence-electron chi connectivity index (χ4n) is 1.89. The zero-order chi connectivity index (χ0) is 12.8. The first-order chi connectivity index (χ1) is 8.83. The molecule has 0 aliphatic rings. The molecule has 0 fully saturated rings. The Kier molecular flexibility index (Phi) is 4.18. The molecule has 0 unspecified atom stereocenters. The first kappa shape index (κ1) is 12.4. The molecule has 2 rings (SSSR count). The van der Waals surface area contributed by atoms with Crippen molar-refractivity contribution in [3.8, 4) is 0 Å². The lowest BCUT2D eigenvalue weighted by Gasteiger charge is -2.08. The third-order valence-electron chi connectivity index (χ3n) is 2.79. The van der Waals surface area contributed by atoms with Gasteiger partial charge in [-0.2, -0.15) is 0 Å². The SMILES string of the molecule is C=CCn1ccnc1Nc1ccc(CCC)cc1. The fraction of sp³-hybridized carbons (Fsp3) is 0.267. The van der Waals surface area contributed by atoms with Crippen molar-refractivity contribution >= 4 is 11.6 Å². The summed E-state index contributed by atoms with van der Waals surface area (Å²) in [6.45, 7) is 6.69. The van der Waals surface area contributed by atoms with E-state index in [1.807, 2.05) is 16.8 Å². The van der Waals surface area contributed by atoms with Gasteiger partial charge in [-0.05, 0) is 24.1 Å². The largest absolute Gasteiger partial charge is 0.326 e. The van der Waals surface area contributed by atoms with Crippen LogP contribution in [0.3, 0.4) is 0 Å². The van der Waals surface area contributed by atoms with Gasteiger partial charge in [0.25, 0.3) is 0 Å². The van der Waals surface area contributed by atoms with Crippen LogP contribution in [-0.4, -0.2) is 9.55 Å². The van der Waals surface area contributed by atoms with E-state index in [-0.39, 0.29) is 0 Å². The van der Waals surface area contributed by atoms with Crippen LogP contribution in [0.2, 0.25) is 0 Å². The molecule has 3 nitrogen and oxygen atoms in total. The monoisotopic (exact) mass is 241 g/mol. The topological polar surface area (TPSA) is 29.9 Å². The maximum atomic E-state index is 4.29. The Morgan fingerprint density at radius 2 is 2.11 bits per heavy atom. The number of nitrogens with one attached hydrogen (secondary N) is 1. The zero-order valence-corrected chi connectivity index (χ0v) is 10.8. The summed E-state index contributed by atoms with van der Waals surface area (Å²) in [7, 11) is 0. The molecule has 0 amide bonds. The number of nitrogens with zero attached hydrogens (tertiary/aromatic N) is 2. The van der Waals surface area contributed by atoms with Crippen LogP contribution in [-0.2, 0) is 13.0 Å². The van der Waals surface area contributed by atoms with Crippen molar-refractivity contribution in [2.75, 3.05) is 5.32 Å². The van der Waals surface area contributed by atoms with E-state index in [9.17, 15) is 0 Å². The summed E-state index contributed by atoms with van der Waals surface area (Å²) in [6.07, 6.45) is 7.89. The summed E-state index contributed by atoms with van der Waals surface area (Å²) in [5.74, 6) is 0.846. The molecule has 94 valence electrons. The number of aryl methyl sites for hydroxylation is 1. The minimum Gasteiger partial charge on any atom is -0.326 e. The predicted octanol–water partition coefficient (Wildman–Crippen LogP) is 3.77. The molecule has 1 N–H and O–H groups in total. The first-order valence-electron chi connectivity index (χ1n) is 6.31. The summed E-state index contributed by atoms with van der Waals surface area (Å²) < 4.78 is 2.02. The van der Waals surface area contributed by atoms with E-state index in [0.717, 1.165) is 24.6 Å². The van der Waals surface area contributed by atoms with Crippen molar-refractivity contribution in [3.05, 3.63) is 54.9 Å². The van der Waals surface area contributed by atoms with Gasteiger partial charge in [0.1, 0.15) is 0 Å². The minimum atomic E-state index is 0.760. The van der Waals surface area contributed by atoms with Crippen molar-refractivity contribution in [1.29, 1.82) is 0 Å². The third kappa shape index (κ3) is 3.00. The van der Waals surface area contributed by atoms with E-state index in [1.165, 1.54) is 12.0 Å². The molecule has 0 radical (unpaired) electrons. The molecule has 1 aromatic carbocycles. The standard InChI is InChI=1S/C15H19N3/c1-3-5-13-6-8-14(9-7-13)17-15-16-10-12-18(15)11-4-2/h4,6-10,12H,2-3,5,11H2,1H3,(H,16,17). The first-order valence-corrected chi connectivity index (χ1v) is 6.31. The molecule has 0 saturated heterocycles.